The van der Waals surface area contributed by atoms with Gasteiger partial charge in [0, 0.05) is 11.6 Å². The number of nitrogens with one attached hydrogen (secondary N) is 2. The number of aromatic amines is 1. The molecule has 0 fully saturated rings. The fourth-order valence-electron chi connectivity index (χ4n) is 3.20. The molecule has 0 aliphatic heterocycles. The van der Waals surface area contributed by atoms with Crippen LogP contribution < -0.4 is 11.1 Å². The van der Waals surface area contributed by atoms with Crippen molar-refractivity contribution in [3.8, 4) is 11.1 Å². The Balaban J connectivity index is 1.55. The van der Waals surface area contributed by atoms with Crippen molar-refractivity contribution >= 4 is 28.4 Å². The summed E-state index contributed by atoms with van der Waals surface area (Å²) in [6.45, 7) is 0. The molecule has 4 N–H and O–H groups in total. The van der Waals surface area contributed by atoms with E-state index in [2.05, 4.69) is 20.5 Å². The van der Waals surface area contributed by atoms with Crippen molar-refractivity contribution in [2.75, 3.05) is 11.1 Å². The van der Waals surface area contributed by atoms with E-state index in [1.807, 2.05) is 18.2 Å². The van der Waals surface area contributed by atoms with E-state index in [-0.39, 0.29) is 11.4 Å². The molecule has 9 heteroatoms. The molecule has 1 amide bonds. The number of pyridine rings is 1. The van der Waals surface area contributed by atoms with Gasteiger partial charge in [-0.1, -0.05) is 24.3 Å². The fraction of sp³-hybridized carbons (Fsp3) is 0.0952. The largest absolute Gasteiger partial charge is 0.416 e. The van der Waals surface area contributed by atoms with Crippen LogP contribution in [0.3, 0.4) is 0 Å². The molecule has 0 atom stereocenters. The highest BCUT2D eigenvalue weighted by Gasteiger charge is 2.33. The minimum atomic E-state index is -4.53. The zero-order valence-corrected chi connectivity index (χ0v) is 15.5. The van der Waals surface area contributed by atoms with E-state index in [0.717, 1.165) is 28.1 Å². The van der Waals surface area contributed by atoms with E-state index in [4.69, 9.17) is 5.73 Å². The third kappa shape index (κ3) is 3.95. The van der Waals surface area contributed by atoms with Crippen LogP contribution in [0.15, 0.2) is 60.8 Å². The molecule has 0 unspecified atom stereocenters. The number of halogens is 3. The molecular formula is C21H16F3N5O. The Bertz CT molecular complexity index is 1230. The van der Waals surface area contributed by atoms with Crippen molar-refractivity contribution in [2.24, 2.45) is 0 Å². The summed E-state index contributed by atoms with van der Waals surface area (Å²) >= 11 is 0. The second kappa shape index (κ2) is 7.51. The lowest BCUT2D eigenvalue weighted by Crippen LogP contribution is -2.18. The molecule has 2 aromatic carbocycles. The molecule has 0 aliphatic carbocycles. The third-order valence-electron chi connectivity index (χ3n) is 4.63. The van der Waals surface area contributed by atoms with Crippen molar-refractivity contribution in [3.05, 3.63) is 71.9 Å². The first-order valence-electron chi connectivity index (χ1n) is 8.96. The number of anilines is 2. The lowest BCUT2D eigenvalue weighted by Gasteiger charge is -2.12. The molecule has 4 rings (SSSR count). The zero-order valence-electron chi connectivity index (χ0n) is 15.5. The Labute approximate surface area is 168 Å². The predicted molar refractivity (Wildman–Crippen MR) is 108 cm³/mol. The van der Waals surface area contributed by atoms with Gasteiger partial charge in [-0.25, -0.2) is 4.98 Å². The van der Waals surface area contributed by atoms with Crippen LogP contribution in [0, 0.1) is 0 Å². The number of carbonyl (C=O) groups is 1. The summed E-state index contributed by atoms with van der Waals surface area (Å²) in [5.74, 6) is 0.0193. The molecule has 6 nitrogen and oxygen atoms in total. The number of hydrogen-bond donors (Lipinski definition) is 3. The number of carbonyl (C=O) groups excluding carboxylic acids is 1. The van der Waals surface area contributed by atoms with Gasteiger partial charge in [-0.05, 0) is 47.0 Å². The number of benzene rings is 2. The van der Waals surface area contributed by atoms with Crippen LogP contribution in [0.1, 0.15) is 11.1 Å². The second-order valence-electron chi connectivity index (χ2n) is 6.68. The molecule has 0 spiro atoms. The smallest absolute Gasteiger partial charge is 0.382 e. The van der Waals surface area contributed by atoms with Gasteiger partial charge in [0.2, 0.25) is 5.91 Å². The second-order valence-corrected chi connectivity index (χ2v) is 6.68. The molecule has 2 aromatic heterocycles. The van der Waals surface area contributed by atoms with Crippen molar-refractivity contribution in [2.45, 2.75) is 12.6 Å². The van der Waals surface area contributed by atoms with Crippen LogP contribution in [0.5, 0.6) is 0 Å². The Kier molecular flexibility index (Phi) is 4.86. The highest BCUT2D eigenvalue weighted by Crippen LogP contribution is 2.32. The van der Waals surface area contributed by atoms with Crippen LogP contribution in [-0.2, 0) is 17.4 Å². The lowest BCUT2D eigenvalue weighted by molar-refractivity contribution is -0.138. The van der Waals surface area contributed by atoms with Crippen molar-refractivity contribution in [1.29, 1.82) is 0 Å². The highest BCUT2D eigenvalue weighted by molar-refractivity contribution is 5.94. The molecule has 0 aliphatic rings. The van der Waals surface area contributed by atoms with Gasteiger partial charge in [-0.2, -0.15) is 18.3 Å². The highest BCUT2D eigenvalue weighted by atomic mass is 19.4. The summed E-state index contributed by atoms with van der Waals surface area (Å²) in [5.41, 5.74) is 7.31. The van der Waals surface area contributed by atoms with E-state index >= 15 is 0 Å². The Morgan fingerprint density at radius 3 is 2.63 bits per heavy atom. The van der Waals surface area contributed by atoms with E-state index in [1.165, 1.54) is 24.4 Å². The van der Waals surface area contributed by atoms with E-state index in [9.17, 15) is 18.0 Å². The van der Waals surface area contributed by atoms with Gasteiger partial charge in [-0.3, -0.25) is 9.89 Å². The van der Waals surface area contributed by atoms with Crippen LogP contribution in [0.4, 0.5) is 24.8 Å². The summed E-state index contributed by atoms with van der Waals surface area (Å²) in [6, 6.07) is 14.0. The number of amides is 1. The summed E-state index contributed by atoms with van der Waals surface area (Å²) in [4.78, 5) is 16.4. The fourth-order valence-corrected chi connectivity index (χ4v) is 3.20. The molecule has 0 saturated heterocycles. The lowest BCUT2D eigenvalue weighted by atomic mass is 10.0. The van der Waals surface area contributed by atoms with E-state index < -0.39 is 24.1 Å². The number of nitrogens with two attached hydrogens (primary N) is 1. The maximum Gasteiger partial charge on any atom is 0.416 e. The minimum Gasteiger partial charge on any atom is -0.382 e. The van der Waals surface area contributed by atoms with Gasteiger partial charge in [0.05, 0.1) is 17.5 Å². The van der Waals surface area contributed by atoms with Crippen LogP contribution in [-0.4, -0.2) is 21.1 Å². The summed E-state index contributed by atoms with van der Waals surface area (Å²) in [7, 11) is 0. The van der Waals surface area contributed by atoms with E-state index in [1.54, 1.807) is 12.1 Å². The quantitative estimate of drug-likeness (QED) is 0.464. The third-order valence-corrected chi connectivity index (χ3v) is 4.63. The van der Waals surface area contributed by atoms with Crippen molar-refractivity contribution < 1.29 is 18.0 Å². The molecule has 2 heterocycles. The van der Waals surface area contributed by atoms with Gasteiger partial charge < -0.3 is 11.1 Å². The van der Waals surface area contributed by atoms with Crippen LogP contribution in [0.25, 0.3) is 22.0 Å². The monoisotopic (exact) mass is 411 g/mol. The Morgan fingerprint density at radius 1 is 1.07 bits per heavy atom. The number of rotatable bonds is 4. The molecule has 4 aromatic rings. The topological polar surface area (TPSA) is 96.7 Å². The summed E-state index contributed by atoms with van der Waals surface area (Å²) in [5, 5.41) is 10.1. The molecule has 0 radical (unpaired) electrons. The molecule has 0 saturated carbocycles. The maximum absolute atomic E-state index is 13.1. The molecule has 152 valence electrons. The van der Waals surface area contributed by atoms with Gasteiger partial charge in [0.25, 0.3) is 0 Å². The van der Waals surface area contributed by atoms with E-state index in [0.29, 0.717) is 5.82 Å². The number of nitrogen functional groups attached to an aromatic ring is 1. The number of hydrogen-bond acceptors (Lipinski definition) is 4. The Hall–Kier alpha value is -3.88. The standard InChI is InChI=1S/C21H16F3N5O/c22-21(23,24)16-4-2-1-3-14(16)11-19(30)27-18-10-13(7-8-26-18)12-5-6-17-15(9-12)20(25)29-28-17/h1-10H,11H2,(H3,25,28,29)(H,26,27,30). The normalized spacial score (nSPS) is 11.6. The van der Waals surface area contributed by atoms with Gasteiger partial charge in [-0.15, -0.1) is 0 Å². The van der Waals surface area contributed by atoms with Crippen molar-refractivity contribution in [1.82, 2.24) is 15.2 Å². The minimum absolute atomic E-state index is 0.0976. The summed E-state index contributed by atoms with van der Waals surface area (Å²) in [6.07, 6.45) is -3.43. The first kappa shape index (κ1) is 19.4. The number of fused-ring (bicyclic) bond motifs is 1. The first-order chi connectivity index (χ1) is 14.3. The number of H-pyrrole nitrogens is 1. The molecule has 30 heavy (non-hydrogen) atoms. The number of alkyl halides is 3. The zero-order chi connectivity index (χ0) is 21.3. The molecular weight excluding hydrogens is 395 g/mol. The Morgan fingerprint density at radius 2 is 1.83 bits per heavy atom. The predicted octanol–water partition coefficient (Wildman–Crippen LogP) is 4.41. The number of nitrogens with zero attached hydrogens (tertiary/aromatic N) is 2. The van der Waals surface area contributed by atoms with Gasteiger partial charge in [0.15, 0.2) is 5.82 Å². The average molecular weight is 411 g/mol. The molecule has 0 bridgehead atoms. The van der Waals surface area contributed by atoms with Crippen LogP contribution in [0.2, 0.25) is 0 Å². The summed E-state index contributed by atoms with van der Waals surface area (Å²) < 4.78 is 39.4. The maximum atomic E-state index is 13.1. The van der Waals surface area contributed by atoms with Crippen molar-refractivity contribution in [3.63, 3.8) is 0 Å². The van der Waals surface area contributed by atoms with Crippen LogP contribution >= 0.6 is 0 Å². The first-order valence-corrected chi connectivity index (χ1v) is 8.96. The SMILES string of the molecule is Nc1n[nH]c2ccc(-c3ccnc(NC(=O)Cc4ccccc4C(F)(F)F)c3)cc12. The van der Waals surface area contributed by atoms with Gasteiger partial charge >= 0.3 is 6.18 Å². The van der Waals surface area contributed by atoms with Gasteiger partial charge in [0.1, 0.15) is 5.82 Å². The number of aromatic nitrogens is 3. The average Bonchev–Trinajstić information content (AvgIpc) is 3.08.